The van der Waals surface area contributed by atoms with Crippen molar-refractivity contribution in [2.45, 2.75) is 25.3 Å². The van der Waals surface area contributed by atoms with Crippen LogP contribution in [0.3, 0.4) is 0 Å². The zero-order chi connectivity index (χ0) is 19.4. The van der Waals surface area contributed by atoms with Crippen molar-refractivity contribution in [3.05, 3.63) is 59.6 Å². The summed E-state index contributed by atoms with van der Waals surface area (Å²) in [4.78, 5) is 4.28. The minimum atomic E-state index is -3.79. The molecule has 0 atom stereocenters. The fraction of sp³-hybridized carbons (Fsp3) is 0.222. The molecule has 0 aliphatic carbocycles. The van der Waals surface area contributed by atoms with E-state index in [-0.39, 0.29) is 10.7 Å². The quantitative estimate of drug-likeness (QED) is 0.640. The summed E-state index contributed by atoms with van der Waals surface area (Å²) < 4.78 is 37.7. The van der Waals surface area contributed by atoms with Gasteiger partial charge in [0.2, 0.25) is 0 Å². The van der Waals surface area contributed by atoms with E-state index in [9.17, 15) is 8.42 Å². The number of para-hydroxylation sites is 1. The molecule has 0 bridgehead atoms. The van der Waals surface area contributed by atoms with Gasteiger partial charge in [0.1, 0.15) is 17.3 Å². The Bertz CT molecular complexity index is 1010. The van der Waals surface area contributed by atoms with Crippen molar-refractivity contribution in [1.82, 2.24) is 10.1 Å². The molecule has 0 amide bonds. The summed E-state index contributed by atoms with van der Waals surface area (Å²) in [6, 6.07) is 11.0. The average molecular weight is 388 g/mol. The van der Waals surface area contributed by atoms with E-state index in [0.29, 0.717) is 23.7 Å². The molecule has 3 rings (SSSR count). The molecule has 8 nitrogen and oxygen atoms in total. The molecule has 0 aliphatic rings. The fourth-order valence-electron chi connectivity index (χ4n) is 2.66. The lowest BCUT2D eigenvalue weighted by atomic mass is 10.2. The van der Waals surface area contributed by atoms with Gasteiger partial charge in [0.25, 0.3) is 10.0 Å². The Hall–Kier alpha value is -3.07. The molecule has 0 saturated heterocycles. The van der Waals surface area contributed by atoms with Gasteiger partial charge >= 0.3 is 0 Å². The molecule has 0 spiro atoms. The minimum Gasteiger partial charge on any atom is -0.496 e. The summed E-state index contributed by atoms with van der Waals surface area (Å²) in [5.41, 5.74) is 1.64. The number of hydrogen-bond donors (Lipinski definition) is 2. The van der Waals surface area contributed by atoms with Crippen molar-refractivity contribution in [1.29, 1.82) is 0 Å². The van der Waals surface area contributed by atoms with E-state index in [2.05, 4.69) is 20.2 Å². The summed E-state index contributed by atoms with van der Waals surface area (Å²) >= 11 is 0. The maximum Gasteiger partial charge on any atom is 0.267 e. The number of nitrogens with one attached hydrogen (secondary N) is 2. The van der Waals surface area contributed by atoms with Gasteiger partial charge in [-0.3, -0.25) is 4.72 Å². The Morgan fingerprint density at radius 2 is 1.93 bits per heavy atom. The van der Waals surface area contributed by atoms with E-state index in [1.54, 1.807) is 33.1 Å². The Morgan fingerprint density at radius 1 is 1.15 bits per heavy atom. The van der Waals surface area contributed by atoms with E-state index in [1.807, 2.05) is 24.3 Å². The second-order valence-electron chi connectivity index (χ2n) is 5.86. The van der Waals surface area contributed by atoms with Gasteiger partial charge in [-0.1, -0.05) is 23.4 Å². The van der Waals surface area contributed by atoms with E-state index in [1.165, 1.54) is 6.20 Å². The molecular formula is C18H20N4O4S. The number of methoxy groups -OCH3 is 1. The third-order valence-corrected chi connectivity index (χ3v) is 5.53. The van der Waals surface area contributed by atoms with Gasteiger partial charge in [-0.15, -0.1) is 0 Å². The first-order chi connectivity index (χ1) is 12.9. The highest BCUT2D eigenvalue weighted by molar-refractivity contribution is 7.92. The van der Waals surface area contributed by atoms with Crippen LogP contribution in [0.4, 0.5) is 11.5 Å². The predicted octanol–water partition coefficient (Wildman–Crippen LogP) is 3.11. The largest absolute Gasteiger partial charge is 0.496 e. The summed E-state index contributed by atoms with van der Waals surface area (Å²) in [6.07, 6.45) is 1.44. The predicted molar refractivity (Wildman–Crippen MR) is 101 cm³/mol. The lowest BCUT2D eigenvalue weighted by Gasteiger charge is -2.11. The molecule has 0 aliphatic heterocycles. The fourth-order valence-corrected chi connectivity index (χ4v) is 4.03. The molecule has 2 N–H and O–H groups in total. The van der Waals surface area contributed by atoms with Crippen LogP contribution in [0.2, 0.25) is 0 Å². The number of aromatic nitrogens is 2. The summed E-state index contributed by atoms with van der Waals surface area (Å²) in [6.45, 7) is 3.66. The number of ether oxygens (including phenoxy) is 1. The smallest absolute Gasteiger partial charge is 0.267 e. The van der Waals surface area contributed by atoms with Crippen LogP contribution in [0.15, 0.2) is 52.0 Å². The van der Waals surface area contributed by atoms with Gasteiger partial charge in [-0.2, -0.15) is 0 Å². The Morgan fingerprint density at radius 3 is 2.56 bits per heavy atom. The number of benzene rings is 1. The molecule has 9 heteroatoms. The lowest BCUT2D eigenvalue weighted by Crippen LogP contribution is -2.14. The van der Waals surface area contributed by atoms with E-state index < -0.39 is 10.0 Å². The monoisotopic (exact) mass is 388 g/mol. The third kappa shape index (κ3) is 4.20. The highest BCUT2D eigenvalue weighted by Gasteiger charge is 2.24. The van der Waals surface area contributed by atoms with Crippen LogP contribution >= 0.6 is 0 Å². The Balaban J connectivity index is 1.69. The van der Waals surface area contributed by atoms with Crippen LogP contribution in [-0.4, -0.2) is 25.7 Å². The van der Waals surface area contributed by atoms with Gasteiger partial charge in [0, 0.05) is 12.1 Å². The Kier molecular flexibility index (Phi) is 5.31. The SMILES string of the molecule is COc1ccccc1CNc1ccc(NS(=O)(=O)c2c(C)noc2C)cn1. The highest BCUT2D eigenvalue weighted by atomic mass is 32.2. The summed E-state index contributed by atoms with van der Waals surface area (Å²) in [7, 11) is -2.17. The van der Waals surface area contributed by atoms with Crippen LogP contribution in [0, 0.1) is 13.8 Å². The first kappa shape index (κ1) is 18.7. The number of hydrogen-bond acceptors (Lipinski definition) is 7. The lowest BCUT2D eigenvalue weighted by molar-refractivity contribution is 0.390. The standard InChI is InChI=1S/C18H20N4O4S/c1-12-18(13(2)26-21-12)27(23,24)22-15-8-9-17(20-11-15)19-10-14-6-4-5-7-16(14)25-3/h4-9,11,22H,10H2,1-3H3,(H,19,20). The number of sulfonamides is 1. The van der Waals surface area contributed by atoms with Crippen LogP contribution in [0.1, 0.15) is 17.0 Å². The van der Waals surface area contributed by atoms with Crippen molar-refractivity contribution in [3.8, 4) is 5.75 Å². The van der Waals surface area contributed by atoms with Crippen LogP contribution in [0.5, 0.6) is 5.75 Å². The molecule has 0 radical (unpaired) electrons. The summed E-state index contributed by atoms with van der Waals surface area (Å²) in [5.74, 6) is 1.64. The number of pyridine rings is 1. The maximum atomic E-state index is 12.5. The molecule has 0 unspecified atom stereocenters. The van der Waals surface area contributed by atoms with Crippen molar-refractivity contribution < 1.29 is 17.7 Å². The van der Waals surface area contributed by atoms with Crippen LogP contribution < -0.4 is 14.8 Å². The second-order valence-corrected chi connectivity index (χ2v) is 7.48. The van der Waals surface area contributed by atoms with Crippen LogP contribution in [0.25, 0.3) is 0 Å². The topological polar surface area (TPSA) is 106 Å². The number of anilines is 2. The molecule has 27 heavy (non-hydrogen) atoms. The van der Waals surface area contributed by atoms with E-state index in [0.717, 1.165) is 11.3 Å². The number of rotatable bonds is 7. The Labute approximate surface area is 157 Å². The molecule has 3 aromatic rings. The molecule has 0 saturated carbocycles. The second kappa shape index (κ2) is 7.67. The molecule has 2 heterocycles. The zero-order valence-electron chi connectivity index (χ0n) is 15.2. The number of nitrogens with zero attached hydrogens (tertiary/aromatic N) is 2. The van der Waals surface area contributed by atoms with Gasteiger partial charge in [0.15, 0.2) is 10.7 Å². The van der Waals surface area contributed by atoms with Crippen molar-refractivity contribution in [2.24, 2.45) is 0 Å². The summed E-state index contributed by atoms with van der Waals surface area (Å²) in [5, 5.41) is 6.85. The first-order valence-electron chi connectivity index (χ1n) is 8.18. The van der Waals surface area contributed by atoms with Crippen molar-refractivity contribution >= 4 is 21.5 Å². The maximum absolute atomic E-state index is 12.5. The van der Waals surface area contributed by atoms with Crippen molar-refractivity contribution in [2.75, 3.05) is 17.1 Å². The van der Waals surface area contributed by atoms with Gasteiger partial charge < -0.3 is 14.6 Å². The molecule has 0 fully saturated rings. The number of aryl methyl sites for hydroxylation is 2. The van der Waals surface area contributed by atoms with Crippen molar-refractivity contribution in [3.63, 3.8) is 0 Å². The third-order valence-electron chi connectivity index (χ3n) is 3.90. The van der Waals surface area contributed by atoms with Gasteiger partial charge in [0.05, 0.1) is 19.0 Å². The molecule has 2 aromatic heterocycles. The normalized spacial score (nSPS) is 11.2. The van der Waals surface area contributed by atoms with E-state index in [4.69, 9.17) is 9.26 Å². The van der Waals surface area contributed by atoms with Gasteiger partial charge in [-0.25, -0.2) is 13.4 Å². The van der Waals surface area contributed by atoms with Crippen LogP contribution in [-0.2, 0) is 16.6 Å². The zero-order valence-corrected chi connectivity index (χ0v) is 16.0. The molecule has 1 aromatic carbocycles. The minimum absolute atomic E-state index is 0.0425. The van der Waals surface area contributed by atoms with E-state index >= 15 is 0 Å². The average Bonchev–Trinajstić information content (AvgIpc) is 3.00. The first-order valence-corrected chi connectivity index (χ1v) is 9.66. The van der Waals surface area contributed by atoms with Gasteiger partial charge in [-0.05, 0) is 32.0 Å². The molecule has 142 valence electrons. The highest BCUT2D eigenvalue weighted by Crippen LogP contribution is 2.23. The molecular weight excluding hydrogens is 368 g/mol.